The summed E-state index contributed by atoms with van der Waals surface area (Å²) in [7, 11) is 0. The summed E-state index contributed by atoms with van der Waals surface area (Å²) in [5, 5.41) is 0. The number of rotatable bonds is 3. The van der Waals surface area contributed by atoms with E-state index in [4.69, 9.17) is 14.7 Å². The summed E-state index contributed by atoms with van der Waals surface area (Å²) in [6.45, 7) is 6.26. The zero-order valence-electron chi connectivity index (χ0n) is 19.6. The van der Waals surface area contributed by atoms with E-state index in [0.717, 1.165) is 47.2 Å². The highest BCUT2D eigenvalue weighted by Gasteiger charge is 2.32. The second-order valence-electron chi connectivity index (χ2n) is 8.90. The molecule has 0 saturated carbocycles. The summed E-state index contributed by atoms with van der Waals surface area (Å²) in [5.41, 5.74) is 5.58. The summed E-state index contributed by atoms with van der Waals surface area (Å²) in [4.78, 5) is 22.2. The van der Waals surface area contributed by atoms with E-state index < -0.39 is 11.9 Å². The zero-order valence-corrected chi connectivity index (χ0v) is 19.6. The number of ether oxygens (including phenoxy) is 1. The van der Waals surface area contributed by atoms with Gasteiger partial charge in [-0.15, -0.1) is 0 Å². The molecule has 0 radical (unpaired) electrons. The Balaban J connectivity index is 1.58. The van der Waals surface area contributed by atoms with Crippen molar-refractivity contribution in [3.05, 3.63) is 76.8 Å². The topological polar surface area (TPSA) is 73.7 Å². The molecular weight excluding hydrogens is 455 g/mol. The predicted octanol–water partition coefficient (Wildman–Crippen LogP) is 6.06. The van der Waals surface area contributed by atoms with Crippen molar-refractivity contribution in [2.75, 3.05) is 6.61 Å². The number of hydrogen-bond acceptors (Lipinski definition) is 6. The first-order valence-electron chi connectivity index (χ1n) is 11.4. The Morgan fingerprint density at radius 1 is 0.943 bits per heavy atom. The quantitative estimate of drug-likeness (QED) is 0.356. The van der Waals surface area contributed by atoms with Crippen LogP contribution in [0.25, 0.3) is 22.3 Å². The van der Waals surface area contributed by atoms with Crippen LogP contribution in [0, 0.1) is 20.8 Å². The molecule has 0 unspecified atom stereocenters. The molecule has 0 spiro atoms. The Hall–Kier alpha value is -3.46. The lowest BCUT2D eigenvalue weighted by atomic mass is 9.88. The highest BCUT2D eigenvalue weighted by molar-refractivity contribution is 5.89. The minimum Gasteiger partial charge on any atom is -0.373 e. The third kappa shape index (κ3) is 4.73. The number of hydrogen-bond donors (Lipinski definition) is 0. The lowest BCUT2D eigenvalue weighted by molar-refractivity contribution is -0.141. The standard InChI is InChI=1S/C26H24F3N5O/c1-14-10-18(6-8-30-14)22-11-17(7-9-35-22)20-12-21-25(33-16(3)15(2)32-21)24(34-20)19-4-5-23(31-13-19)26(27,28)29/h4-6,8,10,12-13,17,22H,7,9,11H2,1-3H3/t17-,22+/m1/s1. The van der Waals surface area contributed by atoms with Crippen LogP contribution in [0.1, 0.15) is 58.9 Å². The average molecular weight is 480 g/mol. The van der Waals surface area contributed by atoms with E-state index in [1.165, 1.54) is 12.3 Å². The Morgan fingerprint density at radius 2 is 1.74 bits per heavy atom. The van der Waals surface area contributed by atoms with Gasteiger partial charge in [0.15, 0.2) is 0 Å². The summed E-state index contributed by atoms with van der Waals surface area (Å²) in [5.74, 6) is 0.0937. The first-order chi connectivity index (χ1) is 16.7. The van der Waals surface area contributed by atoms with Gasteiger partial charge in [-0.25, -0.2) is 9.97 Å². The fourth-order valence-corrected chi connectivity index (χ4v) is 4.43. The number of aryl methyl sites for hydroxylation is 3. The maximum absolute atomic E-state index is 13.1. The number of pyridine rings is 3. The van der Waals surface area contributed by atoms with Gasteiger partial charge < -0.3 is 4.74 Å². The van der Waals surface area contributed by atoms with E-state index in [1.54, 1.807) is 6.20 Å². The molecule has 1 fully saturated rings. The van der Waals surface area contributed by atoms with Gasteiger partial charge in [-0.2, -0.15) is 13.2 Å². The van der Waals surface area contributed by atoms with Crippen molar-refractivity contribution in [1.29, 1.82) is 0 Å². The minimum absolute atomic E-state index is 0.0880. The summed E-state index contributed by atoms with van der Waals surface area (Å²) in [6, 6.07) is 8.30. The SMILES string of the molecule is Cc1cc([C@@H]2C[C@H](c3cc4nc(C)c(C)nc4c(-c4ccc(C(F)(F)F)nc4)n3)CCO2)ccn1. The Labute approximate surface area is 200 Å². The molecule has 35 heavy (non-hydrogen) atoms. The van der Waals surface area contributed by atoms with Gasteiger partial charge in [0.2, 0.25) is 0 Å². The molecule has 0 aliphatic carbocycles. The highest BCUT2D eigenvalue weighted by atomic mass is 19.4. The van der Waals surface area contributed by atoms with Crippen molar-refractivity contribution in [3.8, 4) is 11.3 Å². The van der Waals surface area contributed by atoms with Crippen LogP contribution >= 0.6 is 0 Å². The molecule has 2 atom stereocenters. The lowest BCUT2D eigenvalue weighted by Crippen LogP contribution is -2.20. The van der Waals surface area contributed by atoms with Crippen LogP contribution in [-0.4, -0.2) is 31.5 Å². The Kier molecular flexibility index (Phi) is 5.96. The second kappa shape index (κ2) is 8.96. The molecule has 180 valence electrons. The van der Waals surface area contributed by atoms with Gasteiger partial charge >= 0.3 is 6.18 Å². The molecule has 5 rings (SSSR count). The third-order valence-electron chi connectivity index (χ3n) is 6.41. The van der Waals surface area contributed by atoms with Crippen LogP contribution < -0.4 is 0 Å². The molecule has 5 heterocycles. The van der Waals surface area contributed by atoms with Crippen molar-refractivity contribution in [2.45, 2.75) is 51.8 Å². The summed E-state index contributed by atoms with van der Waals surface area (Å²) in [6.07, 6.45) is -0.103. The van der Waals surface area contributed by atoms with Gasteiger partial charge in [0.25, 0.3) is 0 Å². The number of nitrogens with zero attached hydrogens (tertiary/aromatic N) is 5. The van der Waals surface area contributed by atoms with Crippen LogP contribution in [0.2, 0.25) is 0 Å². The fourth-order valence-electron chi connectivity index (χ4n) is 4.43. The molecule has 9 heteroatoms. The van der Waals surface area contributed by atoms with E-state index in [2.05, 4.69) is 15.0 Å². The molecular formula is C26H24F3N5O. The minimum atomic E-state index is -4.51. The van der Waals surface area contributed by atoms with Gasteiger partial charge in [-0.05, 0) is 69.5 Å². The number of halogens is 3. The summed E-state index contributed by atoms with van der Waals surface area (Å²) >= 11 is 0. The summed E-state index contributed by atoms with van der Waals surface area (Å²) < 4.78 is 45.2. The second-order valence-corrected chi connectivity index (χ2v) is 8.90. The van der Waals surface area contributed by atoms with Gasteiger partial charge in [0.1, 0.15) is 11.2 Å². The first-order valence-corrected chi connectivity index (χ1v) is 11.4. The lowest BCUT2D eigenvalue weighted by Gasteiger charge is -2.30. The first kappa shape index (κ1) is 23.3. The van der Waals surface area contributed by atoms with E-state index >= 15 is 0 Å². The van der Waals surface area contributed by atoms with E-state index in [9.17, 15) is 13.2 Å². The fraction of sp³-hybridized carbons (Fsp3) is 0.346. The van der Waals surface area contributed by atoms with E-state index in [-0.39, 0.29) is 12.0 Å². The van der Waals surface area contributed by atoms with Gasteiger partial charge in [-0.3, -0.25) is 15.0 Å². The van der Waals surface area contributed by atoms with Gasteiger partial charge in [0.05, 0.1) is 28.7 Å². The van der Waals surface area contributed by atoms with Crippen molar-refractivity contribution < 1.29 is 17.9 Å². The van der Waals surface area contributed by atoms with Crippen LogP contribution in [0.4, 0.5) is 13.2 Å². The van der Waals surface area contributed by atoms with Gasteiger partial charge in [-0.1, -0.05) is 0 Å². The maximum atomic E-state index is 13.1. The van der Waals surface area contributed by atoms with E-state index in [0.29, 0.717) is 28.9 Å². The highest BCUT2D eigenvalue weighted by Crippen LogP contribution is 2.39. The Morgan fingerprint density at radius 3 is 2.46 bits per heavy atom. The smallest absolute Gasteiger partial charge is 0.373 e. The van der Waals surface area contributed by atoms with Crippen LogP contribution in [0.3, 0.4) is 0 Å². The molecule has 6 nitrogen and oxygen atoms in total. The molecule has 1 aliphatic heterocycles. The van der Waals surface area contributed by atoms with Crippen molar-refractivity contribution in [3.63, 3.8) is 0 Å². The molecule has 1 aliphatic rings. The zero-order chi connectivity index (χ0) is 24.7. The normalized spacial score (nSPS) is 18.7. The van der Waals surface area contributed by atoms with Crippen molar-refractivity contribution >= 4 is 11.0 Å². The number of fused-ring (bicyclic) bond motifs is 1. The molecule has 0 amide bonds. The van der Waals surface area contributed by atoms with E-state index in [1.807, 2.05) is 39.0 Å². The molecule has 0 N–H and O–H groups in total. The van der Waals surface area contributed by atoms with Gasteiger partial charge in [0, 0.05) is 41.9 Å². The molecule has 4 aromatic rings. The monoisotopic (exact) mass is 479 g/mol. The van der Waals surface area contributed by atoms with Crippen LogP contribution in [0.15, 0.2) is 42.7 Å². The largest absolute Gasteiger partial charge is 0.433 e. The van der Waals surface area contributed by atoms with Crippen molar-refractivity contribution in [1.82, 2.24) is 24.9 Å². The number of alkyl halides is 3. The van der Waals surface area contributed by atoms with Crippen molar-refractivity contribution in [2.24, 2.45) is 0 Å². The molecule has 4 aromatic heterocycles. The maximum Gasteiger partial charge on any atom is 0.433 e. The predicted molar refractivity (Wildman–Crippen MR) is 125 cm³/mol. The average Bonchev–Trinajstić information content (AvgIpc) is 2.84. The van der Waals surface area contributed by atoms with Crippen LogP contribution in [0.5, 0.6) is 0 Å². The number of aromatic nitrogens is 5. The molecule has 1 saturated heterocycles. The van der Waals surface area contributed by atoms with Crippen LogP contribution in [-0.2, 0) is 10.9 Å². The molecule has 0 aromatic carbocycles. The molecule has 0 bridgehead atoms. The Bertz CT molecular complexity index is 1390. The third-order valence-corrected chi connectivity index (χ3v) is 6.41.